The number of nitrogens with one attached hydrogen (secondary N) is 1. The minimum atomic E-state index is -1.24. The molecule has 0 fully saturated rings. The maximum absolute atomic E-state index is 13.4. The number of rotatable bonds is 7. The quantitative estimate of drug-likeness (QED) is 0.779. The van der Waals surface area contributed by atoms with E-state index in [0.29, 0.717) is 17.5 Å². The second-order valence-corrected chi connectivity index (χ2v) is 6.10. The van der Waals surface area contributed by atoms with Crippen LogP contribution in [0.1, 0.15) is 50.9 Å². The Kier molecular flexibility index (Phi) is 5.99. The minimum absolute atomic E-state index is 0.266. The maximum atomic E-state index is 13.4. The summed E-state index contributed by atoms with van der Waals surface area (Å²) in [6, 6.07) is 4.43. The molecule has 0 saturated heterocycles. The molecule has 0 aliphatic heterocycles. The van der Waals surface area contributed by atoms with Crippen molar-refractivity contribution in [2.75, 3.05) is 5.32 Å². The third kappa shape index (κ3) is 5.19. The highest BCUT2D eigenvalue weighted by atomic mass is 19.1. The van der Waals surface area contributed by atoms with Crippen molar-refractivity contribution in [2.24, 2.45) is 11.8 Å². The number of halogens is 1. The summed E-state index contributed by atoms with van der Waals surface area (Å²) in [5.41, 5.74) is 0.373. The van der Waals surface area contributed by atoms with Crippen molar-refractivity contribution >= 4 is 11.7 Å². The van der Waals surface area contributed by atoms with Crippen molar-refractivity contribution in [1.29, 1.82) is 0 Å². The molecule has 0 heterocycles. The zero-order valence-electron chi connectivity index (χ0n) is 12.6. The summed E-state index contributed by atoms with van der Waals surface area (Å²) in [7, 11) is 0. The highest BCUT2D eigenvalue weighted by Crippen LogP contribution is 2.21. The fourth-order valence-electron chi connectivity index (χ4n) is 2.37. The van der Waals surface area contributed by atoms with E-state index in [-0.39, 0.29) is 11.6 Å². The smallest absolute Gasteiger partial charge is 0.338 e. The Bertz CT molecular complexity index is 448. The highest BCUT2D eigenvalue weighted by Gasteiger charge is 2.15. The molecule has 4 heteroatoms. The number of benzene rings is 1. The van der Waals surface area contributed by atoms with E-state index < -0.39 is 11.8 Å². The van der Waals surface area contributed by atoms with Crippen LogP contribution in [0.5, 0.6) is 0 Å². The van der Waals surface area contributed by atoms with E-state index in [2.05, 4.69) is 33.0 Å². The lowest BCUT2D eigenvalue weighted by molar-refractivity contribution is 0.0692. The van der Waals surface area contributed by atoms with Gasteiger partial charge in [0.1, 0.15) is 5.82 Å². The standard InChI is InChI=1S/C16H24FNO2/c1-10(2)7-13(8-11(3)4)18-12-5-6-15(17)14(9-12)16(19)20/h5-6,9-11,13,18H,7-8H2,1-4H3,(H,19,20). The van der Waals surface area contributed by atoms with Crippen molar-refractivity contribution in [3.63, 3.8) is 0 Å². The van der Waals surface area contributed by atoms with Crippen molar-refractivity contribution in [3.05, 3.63) is 29.6 Å². The van der Waals surface area contributed by atoms with E-state index in [1.165, 1.54) is 12.1 Å². The Morgan fingerprint density at radius 2 is 1.75 bits per heavy atom. The zero-order valence-corrected chi connectivity index (χ0v) is 12.6. The van der Waals surface area contributed by atoms with Crippen LogP contribution in [0.3, 0.4) is 0 Å². The van der Waals surface area contributed by atoms with Gasteiger partial charge in [0.2, 0.25) is 0 Å². The van der Waals surface area contributed by atoms with Crippen LogP contribution >= 0.6 is 0 Å². The molecule has 0 unspecified atom stereocenters. The van der Waals surface area contributed by atoms with Gasteiger partial charge in [-0.15, -0.1) is 0 Å². The van der Waals surface area contributed by atoms with E-state index in [0.717, 1.165) is 12.8 Å². The number of hydrogen-bond acceptors (Lipinski definition) is 2. The number of anilines is 1. The maximum Gasteiger partial charge on any atom is 0.338 e. The van der Waals surface area contributed by atoms with Gasteiger partial charge in [-0.1, -0.05) is 27.7 Å². The minimum Gasteiger partial charge on any atom is -0.478 e. The Balaban J connectivity index is 2.87. The van der Waals surface area contributed by atoms with Crippen LogP contribution in [-0.4, -0.2) is 17.1 Å². The summed E-state index contributed by atoms with van der Waals surface area (Å²) in [4.78, 5) is 10.9. The molecule has 3 nitrogen and oxygen atoms in total. The Labute approximate surface area is 120 Å². The van der Waals surface area contributed by atoms with Crippen LogP contribution in [0.2, 0.25) is 0 Å². The van der Waals surface area contributed by atoms with Crippen LogP contribution < -0.4 is 5.32 Å². The van der Waals surface area contributed by atoms with Gasteiger partial charge in [0.05, 0.1) is 5.56 Å². The summed E-state index contributed by atoms with van der Waals surface area (Å²) in [5.74, 6) is -0.848. The molecule has 0 saturated carbocycles. The van der Waals surface area contributed by atoms with Gasteiger partial charge in [0.25, 0.3) is 0 Å². The van der Waals surface area contributed by atoms with Crippen LogP contribution in [0.25, 0.3) is 0 Å². The molecule has 0 radical (unpaired) electrons. The Hall–Kier alpha value is -1.58. The Morgan fingerprint density at radius 1 is 1.20 bits per heavy atom. The molecule has 1 aromatic carbocycles. The second kappa shape index (κ2) is 7.27. The molecule has 1 rings (SSSR count). The van der Waals surface area contributed by atoms with Gasteiger partial charge in [-0.3, -0.25) is 0 Å². The molecule has 0 atom stereocenters. The zero-order chi connectivity index (χ0) is 15.3. The van der Waals surface area contributed by atoms with Gasteiger partial charge in [0, 0.05) is 11.7 Å². The normalized spacial score (nSPS) is 11.4. The molecule has 1 aromatic rings. The largest absolute Gasteiger partial charge is 0.478 e. The monoisotopic (exact) mass is 281 g/mol. The lowest BCUT2D eigenvalue weighted by atomic mass is 9.95. The van der Waals surface area contributed by atoms with Gasteiger partial charge in [-0.2, -0.15) is 0 Å². The third-order valence-electron chi connectivity index (χ3n) is 3.08. The third-order valence-corrected chi connectivity index (χ3v) is 3.08. The number of carboxylic acid groups (broad SMARTS) is 1. The van der Waals surface area contributed by atoms with Gasteiger partial charge >= 0.3 is 5.97 Å². The topological polar surface area (TPSA) is 49.3 Å². The average Bonchev–Trinajstić information content (AvgIpc) is 2.29. The van der Waals surface area contributed by atoms with Crippen molar-refractivity contribution < 1.29 is 14.3 Å². The summed E-state index contributed by atoms with van der Waals surface area (Å²) >= 11 is 0. The second-order valence-electron chi connectivity index (χ2n) is 6.10. The summed E-state index contributed by atoms with van der Waals surface area (Å²) in [6.07, 6.45) is 2.00. The highest BCUT2D eigenvalue weighted by molar-refractivity contribution is 5.89. The molecule has 0 bridgehead atoms. The fourth-order valence-corrected chi connectivity index (χ4v) is 2.37. The molecular weight excluding hydrogens is 257 g/mol. The molecule has 0 aromatic heterocycles. The molecule has 0 amide bonds. The first-order valence-corrected chi connectivity index (χ1v) is 7.09. The van der Waals surface area contributed by atoms with Gasteiger partial charge in [-0.05, 0) is 42.9 Å². The number of aromatic carboxylic acids is 1. The molecule has 0 aliphatic carbocycles. The van der Waals surface area contributed by atoms with Crippen LogP contribution in [0, 0.1) is 17.7 Å². The first-order valence-electron chi connectivity index (χ1n) is 7.09. The van der Waals surface area contributed by atoms with E-state index in [1.54, 1.807) is 6.07 Å². The average molecular weight is 281 g/mol. The number of hydrogen-bond donors (Lipinski definition) is 2. The van der Waals surface area contributed by atoms with Crippen LogP contribution in [0.15, 0.2) is 18.2 Å². The lowest BCUT2D eigenvalue weighted by Gasteiger charge is -2.23. The van der Waals surface area contributed by atoms with Crippen molar-refractivity contribution in [2.45, 2.75) is 46.6 Å². The first-order chi connectivity index (χ1) is 9.29. The SMILES string of the molecule is CC(C)CC(CC(C)C)Nc1ccc(F)c(C(=O)O)c1. The van der Waals surface area contributed by atoms with Gasteiger partial charge in [0.15, 0.2) is 0 Å². The molecule has 0 aliphatic rings. The summed E-state index contributed by atoms with van der Waals surface area (Å²) in [6.45, 7) is 8.62. The van der Waals surface area contributed by atoms with E-state index in [4.69, 9.17) is 5.11 Å². The summed E-state index contributed by atoms with van der Waals surface area (Å²) < 4.78 is 13.4. The van der Waals surface area contributed by atoms with Crippen molar-refractivity contribution in [1.82, 2.24) is 0 Å². The van der Waals surface area contributed by atoms with E-state index in [9.17, 15) is 9.18 Å². The molecule has 20 heavy (non-hydrogen) atoms. The van der Waals surface area contributed by atoms with Crippen LogP contribution in [0.4, 0.5) is 10.1 Å². The molecular formula is C16H24FNO2. The van der Waals surface area contributed by atoms with E-state index >= 15 is 0 Å². The van der Waals surface area contributed by atoms with E-state index in [1.807, 2.05) is 0 Å². The van der Waals surface area contributed by atoms with Crippen molar-refractivity contribution in [3.8, 4) is 0 Å². The molecule has 112 valence electrons. The predicted molar refractivity (Wildman–Crippen MR) is 79.7 cm³/mol. The fraction of sp³-hybridized carbons (Fsp3) is 0.562. The molecule has 0 spiro atoms. The Morgan fingerprint density at radius 3 is 2.20 bits per heavy atom. The molecule has 2 N–H and O–H groups in total. The lowest BCUT2D eigenvalue weighted by Crippen LogP contribution is -2.23. The van der Waals surface area contributed by atoms with Gasteiger partial charge < -0.3 is 10.4 Å². The predicted octanol–water partition coefficient (Wildman–Crippen LogP) is 4.40. The number of carbonyl (C=O) groups is 1. The first kappa shape index (κ1) is 16.5. The van der Waals surface area contributed by atoms with Gasteiger partial charge in [-0.25, -0.2) is 9.18 Å². The summed E-state index contributed by atoms with van der Waals surface area (Å²) in [5, 5.41) is 12.3. The van der Waals surface area contributed by atoms with Crippen LogP contribution in [-0.2, 0) is 0 Å². The number of carboxylic acids is 1.